The van der Waals surface area contributed by atoms with Gasteiger partial charge in [-0.25, -0.2) is 4.98 Å². The van der Waals surface area contributed by atoms with Gasteiger partial charge in [-0.05, 0) is 18.1 Å². The number of fused-ring (bicyclic) bond motifs is 1. The number of nitrogens with zero attached hydrogens (tertiary/aromatic N) is 3. The zero-order chi connectivity index (χ0) is 14.7. The highest BCUT2D eigenvalue weighted by molar-refractivity contribution is 8.00. The van der Waals surface area contributed by atoms with Gasteiger partial charge in [-0.15, -0.1) is 10.2 Å². The number of hydrogen-bond acceptors (Lipinski definition) is 7. The molecule has 0 amide bonds. The van der Waals surface area contributed by atoms with Gasteiger partial charge in [0.25, 0.3) is 0 Å². The van der Waals surface area contributed by atoms with Crippen molar-refractivity contribution >= 4 is 39.3 Å². The first-order chi connectivity index (χ1) is 10.2. The molecular formula is C14H16N4OS2. The molecule has 0 aliphatic rings. The molecule has 0 atom stereocenters. The van der Waals surface area contributed by atoms with E-state index >= 15 is 0 Å². The van der Waals surface area contributed by atoms with Crippen molar-refractivity contribution in [2.24, 2.45) is 5.92 Å². The zero-order valence-corrected chi connectivity index (χ0v) is 13.5. The molecule has 2 aromatic heterocycles. The Balaban J connectivity index is 1.59. The van der Waals surface area contributed by atoms with E-state index in [4.69, 9.17) is 4.42 Å². The molecule has 0 spiro atoms. The third-order valence-corrected chi connectivity index (χ3v) is 4.72. The fourth-order valence-corrected chi connectivity index (χ4v) is 3.34. The smallest absolute Gasteiger partial charge is 0.206 e. The van der Waals surface area contributed by atoms with Crippen LogP contribution in [0.1, 0.15) is 19.7 Å². The van der Waals surface area contributed by atoms with E-state index < -0.39 is 0 Å². The number of nitrogens with one attached hydrogen (secondary N) is 1. The minimum absolute atomic E-state index is 0.588. The molecule has 0 bridgehead atoms. The van der Waals surface area contributed by atoms with Gasteiger partial charge in [-0.1, -0.05) is 49.1 Å². The Labute approximate surface area is 131 Å². The van der Waals surface area contributed by atoms with E-state index in [0.717, 1.165) is 27.1 Å². The molecule has 0 unspecified atom stereocenters. The molecule has 0 aliphatic carbocycles. The lowest BCUT2D eigenvalue weighted by Crippen LogP contribution is -2.07. The van der Waals surface area contributed by atoms with Gasteiger partial charge < -0.3 is 9.73 Å². The Morgan fingerprint density at radius 1 is 1.29 bits per heavy atom. The number of hydrogen-bond donors (Lipinski definition) is 1. The number of benzene rings is 1. The van der Waals surface area contributed by atoms with Gasteiger partial charge in [0.1, 0.15) is 5.52 Å². The fourth-order valence-electron chi connectivity index (χ4n) is 1.74. The molecule has 3 aromatic rings. The molecule has 110 valence electrons. The first-order valence-electron chi connectivity index (χ1n) is 6.75. The normalized spacial score (nSPS) is 11.4. The summed E-state index contributed by atoms with van der Waals surface area (Å²) in [6, 6.07) is 7.78. The van der Waals surface area contributed by atoms with E-state index in [0.29, 0.717) is 17.6 Å². The number of aromatic nitrogens is 3. The van der Waals surface area contributed by atoms with Crippen LogP contribution in [0.15, 0.2) is 33.0 Å². The van der Waals surface area contributed by atoms with E-state index in [1.807, 2.05) is 24.3 Å². The minimum atomic E-state index is 0.588. The highest BCUT2D eigenvalue weighted by Crippen LogP contribution is 2.29. The van der Waals surface area contributed by atoms with Gasteiger partial charge in [0, 0.05) is 6.54 Å². The predicted molar refractivity (Wildman–Crippen MR) is 86.8 cm³/mol. The summed E-state index contributed by atoms with van der Waals surface area (Å²) in [5.74, 6) is 1.96. The highest BCUT2D eigenvalue weighted by Gasteiger charge is 2.09. The van der Waals surface area contributed by atoms with Crippen LogP contribution < -0.4 is 5.32 Å². The number of oxazole rings is 1. The van der Waals surface area contributed by atoms with Crippen molar-refractivity contribution in [1.29, 1.82) is 0 Å². The summed E-state index contributed by atoms with van der Waals surface area (Å²) in [7, 11) is 0. The Bertz CT molecular complexity index is 689. The summed E-state index contributed by atoms with van der Waals surface area (Å²) in [4.78, 5) is 4.45. The summed E-state index contributed by atoms with van der Waals surface area (Å²) in [6.45, 7) is 5.23. The highest BCUT2D eigenvalue weighted by atomic mass is 32.2. The Hall–Kier alpha value is -1.60. The van der Waals surface area contributed by atoms with Crippen molar-refractivity contribution in [2.45, 2.75) is 23.9 Å². The maximum absolute atomic E-state index is 5.68. The molecule has 5 nitrogen and oxygen atoms in total. The average molecular weight is 320 g/mol. The van der Waals surface area contributed by atoms with Gasteiger partial charge >= 0.3 is 0 Å². The Kier molecular flexibility index (Phi) is 4.40. The van der Waals surface area contributed by atoms with Gasteiger partial charge in [-0.2, -0.15) is 0 Å². The van der Waals surface area contributed by atoms with E-state index in [1.165, 1.54) is 0 Å². The van der Waals surface area contributed by atoms with E-state index in [-0.39, 0.29) is 0 Å². The van der Waals surface area contributed by atoms with Crippen molar-refractivity contribution in [2.75, 3.05) is 11.9 Å². The van der Waals surface area contributed by atoms with Crippen LogP contribution in [0.25, 0.3) is 11.1 Å². The second-order valence-electron chi connectivity index (χ2n) is 5.01. The average Bonchev–Trinajstić information content (AvgIpc) is 3.09. The van der Waals surface area contributed by atoms with Crippen molar-refractivity contribution < 1.29 is 4.42 Å². The Morgan fingerprint density at radius 3 is 2.95 bits per heavy atom. The standard InChI is InChI=1S/C14H16N4OS2/c1-9(2)7-15-13-17-18-14(21-13)20-8-12-16-10-5-3-4-6-11(10)19-12/h3-6,9H,7-8H2,1-2H3,(H,15,17). The van der Waals surface area contributed by atoms with Crippen LogP contribution in [0.2, 0.25) is 0 Å². The summed E-state index contributed by atoms with van der Waals surface area (Å²) >= 11 is 3.15. The molecule has 2 heterocycles. The number of para-hydroxylation sites is 2. The van der Waals surface area contributed by atoms with Crippen LogP contribution >= 0.6 is 23.1 Å². The Morgan fingerprint density at radius 2 is 2.14 bits per heavy atom. The number of thioether (sulfide) groups is 1. The molecule has 3 rings (SSSR count). The van der Waals surface area contributed by atoms with Gasteiger partial charge in [0.05, 0.1) is 5.75 Å². The summed E-state index contributed by atoms with van der Waals surface area (Å²) < 4.78 is 6.60. The second kappa shape index (κ2) is 6.44. The van der Waals surface area contributed by atoms with Crippen LogP contribution in [0.4, 0.5) is 5.13 Å². The van der Waals surface area contributed by atoms with Crippen LogP contribution in [-0.2, 0) is 5.75 Å². The van der Waals surface area contributed by atoms with E-state index in [1.54, 1.807) is 23.1 Å². The van der Waals surface area contributed by atoms with Crippen molar-refractivity contribution in [3.8, 4) is 0 Å². The maximum Gasteiger partial charge on any atom is 0.206 e. The van der Waals surface area contributed by atoms with Gasteiger partial charge in [0.15, 0.2) is 9.92 Å². The van der Waals surface area contributed by atoms with Crippen molar-refractivity contribution in [3.63, 3.8) is 0 Å². The quantitative estimate of drug-likeness (QED) is 0.692. The first kappa shape index (κ1) is 14.3. The van der Waals surface area contributed by atoms with Crippen molar-refractivity contribution in [1.82, 2.24) is 15.2 Å². The molecule has 21 heavy (non-hydrogen) atoms. The second-order valence-corrected chi connectivity index (χ2v) is 7.21. The maximum atomic E-state index is 5.68. The summed E-state index contributed by atoms with van der Waals surface area (Å²) in [5.41, 5.74) is 1.72. The molecule has 0 radical (unpaired) electrons. The lowest BCUT2D eigenvalue weighted by Gasteiger charge is -2.03. The minimum Gasteiger partial charge on any atom is -0.440 e. The van der Waals surface area contributed by atoms with Crippen LogP contribution in [0.3, 0.4) is 0 Å². The first-order valence-corrected chi connectivity index (χ1v) is 8.55. The van der Waals surface area contributed by atoms with Gasteiger partial charge in [0.2, 0.25) is 11.0 Å². The van der Waals surface area contributed by atoms with Crippen LogP contribution in [0.5, 0.6) is 0 Å². The number of rotatable bonds is 6. The molecule has 0 fully saturated rings. The third-order valence-electron chi connectivity index (χ3n) is 2.73. The van der Waals surface area contributed by atoms with Crippen LogP contribution in [-0.4, -0.2) is 21.7 Å². The lowest BCUT2D eigenvalue weighted by molar-refractivity contribution is 0.556. The largest absolute Gasteiger partial charge is 0.440 e. The summed E-state index contributed by atoms with van der Waals surface area (Å²) in [6.07, 6.45) is 0. The third kappa shape index (κ3) is 3.74. The SMILES string of the molecule is CC(C)CNc1nnc(SCc2nc3ccccc3o2)s1. The van der Waals surface area contributed by atoms with Crippen molar-refractivity contribution in [3.05, 3.63) is 30.2 Å². The molecule has 0 aliphatic heterocycles. The molecule has 7 heteroatoms. The van der Waals surface area contributed by atoms with Crippen LogP contribution in [0, 0.1) is 5.92 Å². The summed E-state index contributed by atoms with van der Waals surface area (Å²) in [5, 5.41) is 12.4. The monoisotopic (exact) mass is 320 g/mol. The number of anilines is 1. The molecule has 1 N–H and O–H groups in total. The predicted octanol–water partition coefficient (Wildman–Crippen LogP) is 4.04. The molecular weight excluding hydrogens is 304 g/mol. The fraction of sp³-hybridized carbons (Fsp3) is 0.357. The molecule has 0 saturated heterocycles. The van der Waals surface area contributed by atoms with Gasteiger partial charge in [-0.3, -0.25) is 0 Å². The lowest BCUT2D eigenvalue weighted by atomic mass is 10.2. The van der Waals surface area contributed by atoms with E-state index in [2.05, 4.69) is 34.3 Å². The van der Waals surface area contributed by atoms with E-state index in [9.17, 15) is 0 Å². The molecule has 1 aromatic carbocycles. The topological polar surface area (TPSA) is 63.8 Å². The molecule has 0 saturated carbocycles. The zero-order valence-electron chi connectivity index (χ0n) is 11.9.